The third kappa shape index (κ3) is 2.50. The molecule has 1 aliphatic carbocycles. The van der Waals surface area contributed by atoms with Crippen molar-refractivity contribution >= 4 is 16.9 Å². The second kappa shape index (κ2) is 7.35. The number of hydrogen-bond acceptors (Lipinski definition) is 2. The van der Waals surface area contributed by atoms with Gasteiger partial charge in [0.05, 0.1) is 0 Å². The van der Waals surface area contributed by atoms with Crippen molar-refractivity contribution in [3.63, 3.8) is 0 Å². The monoisotopic (exact) mass is 425 g/mol. The summed E-state index contributed by atoms with van der Waals surface area (Å²) in [5.74, 6) is -1.02. The van der Waals surface area contributed by atoms with Gasteiger partial charge in [-0.05, 0) is 30.0 Å². The number of carboxylic acid groups (broad SMARTS) is 1. The molecule has 32 heavy (non-hydrogen) atoms. The first-order valence-corrected chi connectivity index (χ1v) is 11.1. The summed E-state index contributed by atoms with van der Waals surface area (Å²) in [6, 6.07) is 26.5. The number of para-hydroxylation sites is 1. The number of rotatable bonds is 4. The minimum Gasteiger partial charge on any atom is -0.480 e. The standard InChI is InChI=1S/C28H27NO3/c1-3-19-18-27(32,20-12-6-4-7-13-20)28(26(30)31,21-14-8-5-9-15-21)24-22-16-10-11-17-23(22)29(2)25(19)24/h4-17,19,32H,3,18H2,1-2H3,(H,30,31). The van der Waals surface area contributed by atoms with Gasteiger partial charge in [0, 0.05) is 35.1 Å². The molecule has 0 radical (unpaired) electrons. The molecule has 0 saturated heterocycles. The molecular formula is C28H27NO3. The Morgan fingerprint density at radius 1 is 0.938 bits per heavy atom. The number of aliphatic hydroxyl groups is 1. The molecule has 0 aliphatic heterocycles. The molecule has 3 atom stereocenters. The van der Waals surface area contributed by atoms with Gasteiger partial charge in [-0.1, -0.05) is 85.8 Å². The third-order valence-corrected chi connectivity index (χ3v) is 7.35. The van der Waals surface area contributed by atoms with E-state index in [0.29, 0.717) is 23.1 Å². The summed E-state index contributed by atoms with van der Waals surface area (Å²) in [5, 5.41) is 24.5. The normalized spacial score (nSPS) is 24.9. The van der Waals surface area contributed by atoms with Crippen LogP contribution in [0.25, 0.3) is 10.9 Å². The Bertz CT molecular complexity index is 1290. The number of benzene rings is 3. The lowest BCUT2D eigenvalue weighted by atomic mass is 9.53. The van der Waals surface area contributed by atoms with Crippen molar-refractivity contribution in [2.45, 2.75) is 36.7 Å². The first kappa shape index (κ1) is 20.5. The van der Waals surface area contributed by atoms with E-state index >= 15 is 0 Å². The topological polar surface area (TPSA) is 62.5 Å². The summed E-state index contributed by atoms with van der Waals surface area (Å²) < 4.78 is 2.13. The van der Waals surface area contributed by atoms with Gasteiger partial charge in [-0.3, -0.25) is 4.79 Å². The van der Waals surface area contributed by atoms with E-state index in [4.69, 9.17) is 0 Å². The highest BCUT2D eigenvalue weighted by molar-refractivity contribution is 5.98. The zero-order chi connectivity index (χ0) is 22.5. The van der Waals surface area contributed by atoms with Crippen LogP contribution in [0.15, 0.2) is 84.9 Å². The lowest BCUT2D eigenvalue weighted by molar-refractivity contribution is -0.157. The first-order chi connectivity index (χ1) is 15.5. The fourth-order valence-electron chi connectivity index (χ4n) is 5.96. The van der Waals surface area contributed by atoms with Gasteiger partial charge < -0.3 is 14.8 Å². The molecule has 1 aromatic heterocycles. The number of hydrogen-bond donors (Lipinski definition) is 2. The number of aryl methyl sites for hydroxylation is 1. The smallest absolute Gasteiger partial charge is 0.322 e. The van der Waals surface area contributed by atoms with E-state index in [1.165, 1.54) is 0 Å². The molecule has 5 rings (SSSR count). The van der Waals surface area contributed by atoms with Crippen LogP contribution in [0.5, 0.6) is 0 Å². The molecule has 162 valence electrons. The molecule has 2 N–H and O–H groups in total. The molecule has 1 heterocycles. The SMILES string of the molecule is CCC1CC(O)(c2ccccc2)C(C(=O)O)(c2ccccc2)c2c1n(C)c1ccccc21. The van der Waals surface area contributed by atoms with E-state index in [2.05, 4.69) is 11.5 Å². The summed E-state index contributed by atoms with van der Waals surface area (Å²) >= 11 is 0. The highest BCUT2D eigenvalue weighted by Crippen LogP contribution is 2.60. The van der Waals surface area contributed by atoms with Crippen LogP contribution in [0.1, 0.15) is 48.1 Å². The van der Waals surface area contributed by atoms with Crippen molar-refractivity contribution in [2.75, 3.05) is 0 Å². The summed E-state index contributed by atoms with van der Waals surface area (Å²) in [4.78, 5) is 13.5. The fraction of sp³-hybridized carbons (Fsp3) is 0.250. The van der Waals surface area contributed by atoms with E-state index in [1.807, 2.05) is 92.0 Å². The fourth-order valence-corrected chi connectivity index (χ4v) is 5.96. The van der Waals surface area contributed by atoms with Gasteiger partial charge in [0.2, 0.25) is 0 Å². The Morgan fingerprint density at radius 3 is 2.09 bits per heavy atom. The molecule has 0 fully saturated rings. The molecular weight excluding hydrogens is 398 g/mol. The quantitative estimate of drug-likeness (QED) is 0.464. The van der Waals surface area contributed by atoms with Crippen LogP contribution in [0, 0.1) is 0 Å². The molecule has 3 unspecified atom stereocenters. The number of nitrogens with zero attached hydrogens (tertiary/aromatic N) is 1. The highest BCUT2D eigenvalue weighted by atomic mass is 16.4. The zero-order valence-electron chi connectivity index (χ0n) is 18.3. The Balaban J connectivity index is 2.02. The molecule has 1 aliphatic rings. The van der Waals surface area contributed by atoms with Crippen molar-refractivity contribution < 1.29 is 15.0 Å². The van der Waals surface area contributed by atoms with Crippen LogP contribution >= 0.6 is 0 Å². The summed E-state index contributed by atoms with van der Waals surface area (Å²) in [6.07, 6.45) is 1.13. The maximum Gasteiger partial charge on any atom is 0.322 e. The van der Waals surface area contributed by atoms with Crippen molar-refractivity contribution in [3.05, 3.63) is 107 Å². The molecule has 0 bridgehead atoms. The predicted molar refractivity (Wildman–Crippen MR) is 126 cm³/mol. The van der Waals surface area contributed by atoms with Gasteiger partial charge in [0.1, 0.15) is 5.60 Å². The van der Waals surface area contributed by atoms with E-state index in [-0.39, 0.29) is 5.92 Å². The van der Waals surface area contributed by atoms with E-state index in [9.17, 15) is 15.0 Å². The number of carboxylic acids is 1. The van der Waals surface area contributed by atoms with Gasteiger partial charge in [0.25, 0.3) is 0 Å². The molecule has 4 aromatic rings. The minimum atomic E-state index is -1.66. The average molecular weight is 426 g/mol. The van der Waals surface area contributed by atoms with Crippen LogP contribution in [-0.2, 0) is 22.9 Å². The second-order valence-electron chi connectivity index (χ2n) is 8.79. The molecule has 0 amide bonds. The summed E-state index contributed by atoms with van der Waals surface area (Å²) in [6.45, 7) is 2.10. The number of aromatic nitrogens is 1. The van der Waals surface area contributed by atoms with E-state index < -0.39 is 17.0 Å². The molecule has 0 spiro atoms. The molecule has 3 aromatic carbocycles. The van der Waals surface area contributed by atoms with E-state index in [0.717, 1.165) is 23.0 Å². The predicted octanol–water partition coefficient (Wildman–Crippen LogP) is 5.33. The van der Waals surface area contributed by atoms with Crippen molar-refractivity contribution in [2.24, 2.45) is 7.05 Å². The van der Waals surface area contributed by atoms with Gasteiger partial charge in [-0.15, -0.1) is 0 Å². The van der Waals surface area contributed by atoms with Gasteiger partial charge in [-0.25, -0.2) is 0 Å². The second-order valence-corrected chi connectivity index (χ2v) is 8.79. The van der Waals surface area contributed by atoms with Gasteiger partial charge in [0.15, 0.2) is 5.41 Å². The zero-order valence-corrected chi connectivity index (χ0v) is 18.3. The molecule has 4 nitrogen and oxygen atoms in total. The van der Waals surface area contributed by atoms with E-state index in [1.54, 1.807) is 0 Å². The maximum absolute atomic E-state index is 13.5. The van der Waals surface area contributed by atoms with Gasteiger partial charge in [-0.2, -0.15) is 0 Å². The van der Waals surface area contributed by atoms with Crippen molar-refractivity contribution in [1.29, 1.82) is 0 Å². The van der Waals surface area contributed by atoms with Crippen LogP contribution in [0.4, 0.5) is 0 Å². The number of carbonyl (C=O) groups is 1. The highest BCUT2D eigenvalue weighted by Gasteiger charge is 2.64. The largest absolute Gasteiger partial charge is 0.480 e. The average Bonchev–Trinajstić information content (AvgIpc) is 3.12. The van der Waals surface area contributed by atoms with Crippen molar-refractivity contribution in [1.82, 2.24) is 4.57 Å². The van der Waals surface area contributed by atoms with Gasteiger partial charge >= 0.3 is 5.97 Å². The Kier molecular flexibility index (Phi) is 4.72. The Hall–Kier alpha value is -3.37. The maximum atomic E-state index is 13.5. The summed E-state index contributed by atoms with van der Waals surface area (Å²) in [7, 11) is 2.01. The third-order valence-electron chi connectivity index (χ3n) is 7.35. The van der Waals surface area contributed by atoms with Crippen LogP contribution in [-0.4, -0.2) is 20.7 Å². The lowest BCUT2D eigenvalue weighted by Crippen LogP contribution is -2.58. The Labute approximate surface area is 187 Å². The number of fused-ring (bicyclic) bond motifs is 3. The lowest BCUT2D eigenvalue weighted by Gasteiger charge is -2.51. The Morgan fingerprint density at radius 2 is 1.50 bits per heavy atom. The summed E-state index contributed by atoms with van der Waals surface area (Å²) in [5.41, 5.74) is 0.625. The minimum absolute atomic E-state index is 0.0174. The number of aliphatic carboxylic acids is 1. The molecule has 0 saturated carbocycles. The van der Waals surface area contributed by atoms with Crippen LogP contribution < -0.4 is 0 Å². The van der Waals surface area contributed by atoms with Crippen LogP contribution in [0.2, 0.25) is 0 Å². The van der Waals surface area contributed by atoms with Crippen LogP contribution in [0.3, 0.4) is 0 Å². The first-order valence-electron chi connectivity index (χ1n) is 11.1. The van der Waals surface area contributed by atoms with Crippen molar-refractivity contribution in [3.8, 4) is 0 Å². The molecule has 4 heteroatoms.